The van der Waals surface area contributed by atoms with Crippen molar-refractivity contribution in [1.82, 2.24) is 0 Å². The van der Waals surface area contributed by atoms with Crippen LogP contribution in [0.1, 0.15) is 112 Å². The van der Waals surface area contributed by atoms with Gasteiger partial charge in [-0.15, -0.1) is 0 Å². The van der Waals surface area contributed by atoms with E-state index in [2.05, 4.69) is 13.8 Å². The first kappa shape index (κ1) is 39.6. The lowest BCUT2D eigenvalue weighted by atomic mass is 9.43. The zero-order chi connectivity index (χ0) is 38.3. The first-order chi connectivity index (χ1) is 25.6. The summed E-state index contributed by atoms with van der Waals surface area (Å²) < 4.78 is 42.2. The summed E-state index contributed by atoms with van der Waals surface area (Å²) in [4.78, 5) is 11.9. The van der Waals surface area contributed by atoms with Gasteiger partial charge in [0.2, 0.25) is 0 Å². The molecule has 0 aromatic rings. The van der Waals surface area contributed by atoms with Crippen molar-refractivity contribution in [3.63, 3.8) is 0 Å². The highest BCUT2D eigenvalue weighted by Crippen LogP contribution is 2.70. The van der Waals surface area contributed by atoms with Crippen molar-refractivity contribution in [3.05, 3.63) is 11.6 Å². The van der Waals surface area contributed by atoms with E-state index in [0.29, 0.717) is 18.4 Å². The molecule has 4 heterocycles. The molecule has 0 aromatic heterocycles. The van der Waals surface area contributed by atoms with Gasteiger partial charge in [0.15, 0.2) is 18.9 Å². The third kappa shape index (κ3) is 6.82. The Morgan fingerprint density at radius 3 is 1.89 bits per heavy atom. The molecule has 3 saturated heterocycles. The van der Waals surface area contributed by atoms with Crippen LogP contribution in [-0.2, 0) is 38.0 Å². The van der Waals surface area contributed by atoms with Gasteiger partial charge in [0.05, 0.1) is 48.3 Å². The predicted octanol–water partition coefficient (Wildman–Crippen LogP) is 3.25. The lowest BCUT2D eigenvalue weighted by Crippen LogP contribution is -2.62. The largest absolute Gasteiger partial charge is 0.458 e. The van der Waals surface area contributed by atoms with E-state index in [1.165, 1.54) is 0 Å². The van der Waals surface area contributed by atoms with Gasteiger partial charge in [-0.2, -0.15) is 0 Å². The molecule has 0 radical (unpaired) electrons. The lowest BCUT2D eigenvalue weighted by molar-refractivity contribution is -0.336. The maximum absolute atomic E-state index is 12.6. The topological polar surface area (TPSA) is 183 Å². The van der Waals surface area contributed by atoms with E-state index >= 15 is 0 Å². The highest BCUT2D eigenvalue weighted by Gasteiger charge is 2.68. The molecule has 0 amide bonds. The maximum Gasteiger partial charge on any atom is 0.331 e. The molecule has 13 nitrogen and oxygen atoms in total. The number of aliphatic hydroxyl groups is 5. The molecule has 0 unspecified atom stereocenters. The van der Waals surface area contributed by atoms with Gasteiger partial charge < -0.3 is 58.7 Å². The first-order valence-electron chi connectivity index (χ1n) is 20.8. The Balaban J connectivity index is 0.826. The van der Waals surface area contributed by atoms with E-state index in [9.17, 15) is 30.3 Å². The summed E-state index contributed by atoms with van der Waals surface area (Å²) in [6, 6.07) is 0. The number of rotatable bonds is 7. The second-order valence-corrected chi connectivity index (χ2v) is 18.7. The van der Waals surface area contributed by atoms with Crippen molar-refractivity contribution in [1.29, 1.82) is 0 Å². The van der Waals surface area contributed by atoms with Crippen molar-refractivity contribution >= 4 is 5.97 Å². The van der Waals surface area contributed by atoms with Crippen molar-refractivity contribution < 1.29 is 63.5 Å². The molecule has 0 aromatic carbocycles. The molecule has 4 saturated carbocycles. The van der Waals surface area contributed by atoms with Crippen LogP contribution < -0.4 is 0 Å². The van der Waals surface area contributed by atoms with E-state index < -0.39 is 79.4 Å². The highest BCUT2D eigenvalue weighted by molar-refractivity contribution is 5.85. The van der Waals surface area contributed by atoms with Crippen molar-refractivity contribution in [2.24, 2.45) is 34.5 Å². The van der Waals surface area contributed by atoms with Crippen LogP contribution in [0.25, 0.3) is 0 Å². The Morgan fingerprint density at radius 2 is 1.30 bits per heavy atom. The molecule has 5 N–H and O–H groups in total. The number of carbonyl (C=O) groups excluding carboxylic acids is 1. The van der Waals surface area contributed by atoms with Gasteiger partial charge >= 0.3 is 5.97 Å². The van der Waals surface area contributed by atoms with Crippen molar-refractivity contribution in [2.45, 2.75) is 197 Å². The van der Waals surface area contributed by atoms with E-state index in [1.807, 2.05) is 6.92 Å². The highest BCUT2D eigenvalue weighted by atomic mass is 16.7. The normalized spacial score (nSPS) is 55.0. The quantitative estimate of drug-likeness (QED) is 0.188. The Morgan fingerprint density at radius 1 is 0.685 bits per heavy atom. The molecule has 0 spiro atoms. The average Bonchev–Trinajstić information content (AvgIpc) is 3.66. The summed E-state index contributed by atoms with van der Waals surface area (Å²) in [7, 11) is 0. The van der Waals surface area contributed by atoms with Crippen LogP contribution in [0.3, 0.4) is 0 Å². The fraction of sp³-hybridized carbons (Fsp3) is 0.927. The third-order valence-corrected chi connectivity index (χ3v) is 15.9. The summed E-state index contributed by atoms with van der Waals surface area (Å²) in [6.07, 6.45) is 1.90. The molecule has 8 aliphatic rings. The van der Waals surface area contributed by atoms with Crippen molar-refractivity contribution in [3.8, 4) is 0 Å². The van der Waals surface area contributed by atoms with Crippen LogP contribution in [0.15, 0.2) is 11.6 Å². The van der Waals surface area contributed by atoms with Gasteiger partial charge in [0, 0.05) is 30.8 Å². The molecule has 13 heteroatoms. The minimum absolute atomic E-state index is 0.0243. The third-order valence-electron chi connectivity index (χ3n) is 15.9. The molecule has 4 aliphatic carbocycles. The smallest absolute Gasteiger partial charge is 0.331 e. The number of fused-ring (bicyclic) bond motifs is 5. The van der Waals surface area contributed by atoms with Crippen LogP contribution in [0, 0.1) is 34.5 Å². The summed E-state index contributed by atoms with van der Waals surface area (Å²) in [5.74, 6) is 1.13. The number of hydrogen-bond acceptors (Lipinski definition) is 13. The molecule has 0 bridgehead atoms. The number of hydrogen-bond donors (Lipinski definition) is 5. The molecule has 54 heavy (non-hydrogen) atoms. The minimum atomic E-state index is -0.996. The molecule has 7 fully saturated rings. The molecule has 20 atom stereocenters. The molecular formula is C41H64O13. The Hall–Kier alpha value is -1.23. The fourth-order valence-electron chi connectivity index (χ4n) is 12.8. The molecule has 306 valence electrons. The van der Waals surface area contributed by atoms with Crippen LogP contribution in [0.5, 0.6) is 0 Å². The Bertz CT molecular complexity index is 1370. The van der Waals surface area contributed by atoms with E-state index in [4.69, 9.17) is 33.2 Å². The summed E-state index contributed by atoms with van der Waals surface area (Å²) in [5.41, 5.74) is 0.215. The zero-order valence-corrected chi connectivity index (χ0v) is 32.6. The molecule has 4 aliphatic heterocycles. The average molecular weight is 765 g/mol. The second kappa shape index (κ2) is 14.9. The van der Waals surface area contributed by atoms with Crippen LogP contribution >= 0.6 is 0 Å². The minimum Gasteiger partial charge on any atom is -0.458 e. The van der Waals surface area contributed by atoms with E-state index in [1.54, 1.807) is 19.9 Å². The monoisotopic (exact) mass is 764 g/mol. The van der Waals surface area contributed by atoms with Gasteiger partial charge in [0.1, 0.15) is 24.9 Å². The lowest BCUT2D eigenvalue weighted by Gasteiger charge is -2.64. The summed E-state index contributed by atoms with van der Waals surface area (Å²) in [5, 5.41) is 55.0. The number of ether oxygens (including phenoxy) is 7. The Labute approximate surface area is 319 Å². The van der Waals surface area contributed by atoms with Gasteiger partial charge in [-0.25, -0.2) is 4.79 Å². The number of aliphatic hydroxyl groups excluding tert-OH is 4. The fourth-order valence-corrected chi connectivity index (χ4v) is 12.8. The van der Waals surface area contributed by atoms with Gasteiger partial charge in [-0.05, 0) is 113 Å². The van der Waals surface area contributed by atoms with Crippen molar-refractivity contribution in [2.75, 3.05) is 6.61 Å². The number of esters is 1. The van der Waals surface area contributed by atoms with Crippen LogP contribution in [0.2, 0.25) is 0 Å². The Kier molecular flexibility index (Phi) is 10.9. The SMILES string of the molecule is C[C@@H]1O[C@@H](O[C@H]2CC[C@@]3(C)[C@H](CC[C@@H]4[C@@H]3CC[C@]3(C)[C@@H](C5=CC(=O)OC5)CC[C@]43O)C2)C[C@H](O)[C@@H]1O[C@H]1C[C@H](O)[C@H](O[C@H]2C[C@@H](O)[C@H](O)[C@@H](C)O2)[C@H](C)O1. The van der Waals surface area contributed by atoms with E-state index in [0.717, 1.165) is 63.4 Å². The van der Waals surface area contributed by atoms with Crippen LogP contribution in [-0.4, -0.2) is 124 Å². The van der Waals surface area contributed by atoms with E-state index in [-0.39, 0.29) is 54.0 Å². The molecular weight excluding hydrogens is 700 g/mol. The second-order valence-electron chi connectivity index (χ2n) is 18.7. The van der Waals surface area contributed by atoms with Gasteiger partial charge in [0.25, 0.3) is 0 Å². The first-order valence-corrected chi connectivity index (χ1v) is 20.8. The standard InChI is InChI=1S/C41H64O13/c1-20-36(46)29(42)16-34(49-20)53-38-22(3)51-35(18-31(38)44)54-37-21(2)50-33(17-30(37)43)52-25-8-11-39(4)24(15-25)6-7-28-27(39)9-12-40(5)26(10-13-41(28,40)47)23-14-32(45)48-19-23/h14,20-22,24-31,33-38,42-44,46-47H,6-13,15-19H2,1-5H3/t20-,21+,22+,24-,25+,26-,27+,28-,29-,30+,31+,33+,34+,35+,36-,37-,38-,39+,40-,41+/m1/s1. The maximum atomic E-state index is 12.6. The number of cyclic esters (lactones) is 1. The summed E-state index contributed by atoms with van der Waals surface area (Å²) in [6.45, 7) is 10.4. The van der Waals surface area contributed by atoms with Crippen LogP contribution in [0.4, 0.5) is 0 Å². The number of carbonyl (C=O) groups is 1. The van der Waals surface area contributed by atoms with Gasteiger partial charge in [-0.1, -0.05) is 13.8 Å². The summed E-state index contributed by atoms with van der Waals surface area (Å²) >= 11 is 0. The predicted molar refractivity (Wildman–Crippen MR) is 191 cm³/mol. The molecule has 8 rings (SSSR count). The zero-order valence-electron chi connectivity index (χ0n) is 32.6. The van der Waals surface area contributed by atoms with Gasteiger partial charge in [-0.3, -0.25) is 0 Å².